The highest BCUT2D eigenvalue weighted by atomic mass is 31.2. The van der Waals surface area contributed by atoms with Gasteiger partial charge in [-0.25, -0.2) is 14.0 Å². The van der Waals surface area contributed by atoms with Crippen LogP contribution in [0.15, 0.2) is 30.3 Å². The van der Waals surface area contributed by atoms with Crippen LogP contribution < -0.4 is 0 Å². The van der Waals surface area contributed by atoms with Crippen LogP contribution in [-0.2, 0) is 20.7 Å². The lowest BCUT2D eigenvalue weighted by atomic mass is 10.2. The molecular weight excluding hydrogens is 277 g/mol. The third-order valence-corrected chi connectivity index (χ3v) is 2.95. The highest BCUT2D eigenvalue weighted by molar-refractivity contribution is 7.49. The van der Waals surface area contributed by atoms with Crippen molar-refractivity contribution >= 4 is 19.8 Å². The monoisotopic (exact) mass is 289 g/mol. The summed E-state index contributed by atoms with van der Waals surface area (Å²) in [4.78, 5) is 39.6. The molecule has 1 amide bonds. The average Bonchev–Trinajstić information content (AvgIpc) is 2.33. The number of hydrogen-bond donors (Lipinski definition) is 3. The standard InChI is InChI=1S/C10H12NO7P/c12-9(13)6-11(19(15,16)17)10(14)18-7-8-4-2-1-3-5-8/h1-5H,6-7H2,(H,12,13)(H2,15,16,17). The zero-order valence-corrected chi connectivity index (χ0v) is 10.6. The normalized spacial score (nSPS) is 10.8. The zero-order valence-electron chi connectivity index (χ0n) is 9.67. The molecule has 0 spiro atoms. The van der Waals surface area contributed by atoms with Gasteiger partial charge in [0.15, 0.2) is 0 Å². The number of carbonyl (C=O) groups is 2. The van der Waals surface area contributed by atoms with Crippen molar-refractivity contribution in [3.05, 3.63) is 35.9 Å². The maximum atomic E-state index is 11.4. The van der Waals surface area contributed by atoms with E-state index in [-0.39, 0.29) is 11.3 Å². The van der Waals surface area contributed by atoms with E-state index in [1.807, 2.05) is 0 Å². The lowest BCUT2D eigenvalue weighted by molar-refractivity contribution is -0.137. The molecule has 0 aliphatic heterocycles. The largest absolute Gasteiger partial charge is 0.480 e. The van der Waals surface area contributed by atoms with Crippen molar-refractivity contribution in [2.75, 3.05) is 6.54 Å². The predicted octanol–water partition coefficient (Wildman–Crippen LogP) is 0.802. The summed E-state index contributed by atoms with van der Waals surface area (Å²) in [6.07, 6.45) is -1.39. The summed E-state index contributed by atoms with van der Waals surface area (Å²) >= 11 is 0. The van der Waals surface area contributed by atoms with E-state index in [0.29, 0.717) is 5.56 Å². The van der Waals surface area contributed by atoms with E-state index in [1.165, 1.54) is 0 Å². The topological polar surface area (TPSA) is 124 Å². The molecule has 0 aliphatic carbocycles. The molecule has 0 saturated carbocycles. The minimum absolute atomic E-state index is 0.141. The third-order valence-electron chi connectivity index (χ3n) is 2.02. The Morgan fingerprint density at radius 1 is 1.21 bits per heavy atom. The SMILES string of the molecule is O=C(O)CN(C(=O)OCc1ccccc1)P(=O)(O)O. The first-order chi connectivity index (χ1) is 8.80. The number of benzene rings is 1. The summed E-state index contributed by atoms with van der Waals surface area (Å²) < 4.78 is 15.5. The Bertz CT molecular complexity index is 498. The van der Waals surface area contributed by atoms with Crippen LogP contribution in [0.4, 0.5) is 4.79 Å². The molecule has 19 heavy (non-hydrogen) atoms. The van der Waals surface area contributed by atoms with Crippen LogP contribution in [0.1, 0.15) is 5.56 Å². The molecule has 0 atom stereocenters. The highest BCUT2D eigenvalue weighted by Crippen LogP contribution is 2.40. The fourth-order valence-electron chi connectivity index (χ4n) is 1.18. The van der Waals surface area contributed by atoms with E-state index >= 15 is 0 Å². The van der Waals surface area contributed by atoms with Gasteiger partial charge in [-0.2, -0.15) is 0 Å². The number of amides is 1. The summed E-state index contributed by atoms with van der Waals surface area (Å²) in [5, 5.41) is 8.49. The maximum absolute atomic E-state index is 11.4. The molecule has 0 unspecified atom stereocenters. The average molecular weight is 289 g/mol. The summed E-state index contributed by atoms with van der Waals surface area (Å²) in [5.74, 6) is -1.56. The molecule has 1 aromatic carbocycles. The number of carbonyl (C=O) groups excluding carboxylic acids is 1. The van der Waals surface area contributed by atoms with Crippen molar-refractivity contribution in [1.29, 1.82) is 0 Å². The second-order valence-electron chi connectivity index (χ2n) is 3.50. The summed E-state index contributed by atoms with van der Waals surface area (Å²) in [7, 11) is -5.03. The predicted molar refractivity (Wildman–Crippen MR) is 63.0 cm³/mol. The fourth-order valence-corrected chi connectivity index (χ4v) is 1.76. The zero-order chi connectivity index (χ0) is 14.5. The molecule has 0 bridgehead atoms. The molecule has 9 heteroatoms. The van der Waals surface area contributed by atoms with Gasteiger partial charge in [0.2, 0.25) is 0 Å². The van der Waals surface area contributed by atoms with Crippen molar-refractivity contribution in [2.24, 2.45) is 0 Å². The molecule has 0 saturated heterocycles. The Morgan fingerprint density at radius 2 is 1.79 bits per heavy atom. The summed E-state index contributed by atoms with van der Waals surface area (Å²) in [6.45, 7) is -1.35. The van der Waals surface area contributed by atoms with Crippen LogP contribution in [0, 0.1) is 0 Å². The number of ether oxygens (including phenoxy) is 1. The van der Waals surface area contributed by atoms with Gasteiger partial charge >= 0.3 is 19.8 Å². The molecule has 0 aliphatic rings. The summed E-state index contributed by atoms with van der Waals surface area (Å²) in [6, 6.07) is 8.43. The Kier molecular flexibility index (Phi) is 5.05. The van der Waals surface area contributed by atoms with Crippen LogP contribution in [0.3, 0.4) is 0 Å². The molecule has 3 N–H and O–H groups in total. The van der Waals surface area contributed by atoms with Crippen LogP contribution in [0.5, 0.6) is 0 Å². The van der Waals surface area contributed by atoms with Gasteiger partial charge in [-0.15, -0.1) is 0 Å². The van der Waals surface area contributed by atoms with E-state index in [4.69, 9.17) is 14.9 Å². The second-order valence-corrected chi connectivity index (χ2v) is 5.01. The fraction of sp³-hybridized carbons (Fsp3) is 0.200. The Labute approximate surface area is 108 Å². The third kappa shape index (κ3) is 5.09. The van der Waals surface area contributed by atoms with Gasteiger partial charge in [0, 0.05) is 0 Å². The van der Waals surface area contributed by atoms with E-state index < -0.39 is 26.4 Å². The van der Waals surface area contributed by atoms with E-state index in [1.54, 1.807) is 30.3 Å². The first-order valence-corrected chi connectivity index (χ1v) is 6.63. The molecule has 1 aromatic rings. The minimum atomic E-state index is -5.03. The van der Waals surface area contributed by atoms with Crippen LogP contribution >= 0.6 is 7.75 Å². The molecule has 1 rings (SSSR count). The quantitative estimate of drug-likeness (QED) is 0.685. The Hall–Kier alpha value is -1.89. The number of carboxylic acids is 1. The molecule has 0 aromatic heterocycles. The van der Waals surface area contributed by atoms with Crippen LogP contribution in [0.25, 0.3) is 0 Å². The summed E-state index contributed by atoms with van der Waals surface area (Å²) in [5.41, 5.74) is 0.608. The van der Waals surface area contributed by atoms with Gasteiger partial charge in [0.1, 0.15) is 13.2 Å². The number of rotatable bonds is 5. The number of aliphatic carboxylic acids is 1. The lowest BCUT2D eigenvalue weighted by Crippen LogP contribution is -2.33. The first kappa shape index (κ1) is 15.2. The lowest BCUT2D eigenvalue weighted by Gasteiger charge is -2.20. The molecule has 104 valence electrons. The van der Waals surface area contributed by atoms with E-state index in [0.717, 1.165) is 0 Å². The Morgan fingerprint density at radius 3 is 2.26 bits per heavy atom. The van der Waals surface area contributed by atoms with Crippen LogP contribution in [-0.4, -0.2) is 38.2 Å². The van der Waals surface area contributed by atoms with Gasteiger partial charge in [0.25, 0.3) is 0 Å². The maximum Gasteiger partial charge on any atom is 0.435 e. The van der Waals surface area contributed by atoms with Crippen molar-refractivity contribution < 1.29 is 33.8 Å². The molecule has 8 nitrogen and oxygen atoms in total. The van der Waals surface area contributed by atoms with Gasteiger partial charge in [0.05, 0.1) is 0 Å². The second kappa shape index (κ2) is 6.33. The van der Waals surface area contributed by atoms with Crippen molar-refractivity contribution in [2.45, 2.75) is 6.61 Å². The van der Waals surface area contributed by atoms with E-state index in [9.17, 15) is 14.2 Å². The molecule has 0 fully saturated rings. The number of hydrogen-bond acceptors (Lipinski definition) is 4. The van der Waals surface area contributed by atoms with Gasteiger partial charge < -0.3 is 19.6 Å². The number of nitrogens with zero attached hydrogens (tertiary/aromatic N) is 1. The highest BCUT2D eigenvalue weighted by Gasteiger charge is 2.33. The van der Waals surface area contributed by atoms with Crippen molar-refractivity contribution in [3.63, 3.8) is 0 Å². The van der Waals surface area contributed by atoms with Crippen molar-refractivity contribution in [1.82, 2.24) is 4.67 Å². The van der Waals surface area contributed by atoms with Gasteiger partial charge in [-0.3, -0.25) is 4.79 Å². The van der Waals surface area contributed by atoms with Crippen molar-refractivity contribution in [3.8, 4) is 0 Å². The smallest absolute Gasteiger partial charge is 0.435 e. The molecule has 0 heterocycles. The van der Waals surface area contributed by atoms with Gasteiger partial charge in [-0.1, -0.05) is 30.3 Å². The van der Waals surface area contributed by atoms with E-state index in [2.05, 4.69) is 4.74 Å². The molecule has 0 radical (unpaired) electrons. The van der Waals surface area contributed by atoms with Gasteiger partial charge in [-0.05, 0) is 5.56 Å². The first-order valence-electron chi connectivity index (χ1n) is 5.06. The van der Waals surface area contributed by atoms with Crippen LogP contribution in [0.2, 0.25) is 0 Å². The Balaban J connectivity index is 2.68. The minimum Gasteiger partial charge on any atom is -0.480 e. The molecular formula is C10H12NO7P. The number of carboxylic acid groups (broad SMARTS) is 1.